The van der Waals surface area contributed by atoms with Gasteiger partial charge in [0.25, 0.3) is 0 Å². The first kappa shape index (κ1) is 8.26. The van der Waals surface area contributed by atoms with Gasteiger partial charge in [0.1, 0.15) is 0 Å². The molecule has 0 unspecified atom stereocenters. The quantitative estimate of drug-likeness (QED) is 0.684. The van der Waals surface area contributed by atoms with Crippen LogP contribution in [0.3, 0.4) is 0 Å². The van der Waals surface area contributed by atoms with Gasteiger partial charge in [0, 0.05) is 5.88 Å². The Morgan fingerprint density at radius 2 is 2.15 bits per heavy atom. The van der Waals surface area contributed by atoms with Gasteiger partial charge >= 0.3 is 0 Å². The van der Waals surface area contributed by atoms with Gasteiger partial charge in [-0.05, 0) is 11.6 Å². The first-order chi connectivity index (χ1) is 6.42. The number of halogens is 1. The van der Waals surface area contributed by atoms with Gasteiger partial charge in [-0.2, -0.15) is 0 Å². The summed E-state index contributed by atoms with van der Waals surface area (Å²) in [7, 11) is 0. The van der Waals surface area contributed by atoms with Gasteiger partial charge in [-0.15, -0.1) is 16.7 Å². The molecule has 0 fully saturated rings. The summed E-state index contributed by atoms with van der Waals surface area (Å²) < 4.78 is 1.71. The molecule has 0 bridgehead atoms. The van der Waals surface area contributed by atoms with Gasteiger partial charge in [-0.25, -0.2) is 4.68 Å². The van der Waals surface area contributed by atoms with Gasteiger partial charge in [-0.1, -0.05) is 23.4 Å². The summed E-state index contributed by atoms with van der Waals surface area (Å²) in [4.78, 5) is 0. The van der Waals surface area contributed by atoms with E-state index in [1.807, 2.05) is 24.3 Å². The van der Waals surface area contributed by atoms with E-state index in [9.17, 15) is 0 Å². The minimum atomic E-state index is 0.482. The molecule has 0 spiro atoms. The lowest BCUT2D eigenvalue weighted by atomic mass is 10.2. The SMILES string of the molecule is ClCc1ccccc1-n1ccnn1. The molecular formula is C9H8ClN3. The van der Waals surface area contributed by atoms with Crippen LogP contribution in [0.2, 0.25) is 0 Å². The number of nitrogens with zero attached hydrogens (tertiary/aromatic N) is 3. The first-order valence-corrected chi connectivity index (χ1v) is 4.46. The van der Waals surface area contributed by atoms with Crippen LogP contribution in [0.1, 0.15) is 5.56 Å². The Morgan fingerprint density at radius 1 is 1.31 bits per heavy atom. The molecule has 0 aliphatic carbocycles. The molecule has 0 saturated heterocycles. The van der Waals surface area contributed by atoms with E-state index < -0.39 is 0 Å². The Hall–Kier alpha value is -1.35. The Bertz CT molecular complexity index is 384. The fourth-order valence-corrected chi connectivity index (χ4v) is 1.41. The molecular weight excluding hydrogens is 186 g/mol. The summed E-state index contributed by atoms with van der Waals surface area (Å²) >= 11 is 5.79. The van der Waals surface area contributed by atoms with E-state index in [0.29, 0.717) is 5.88 Å². The van der Waals surface area contributed by atoms with Crippen LogP contribution in [0, 0.1) is 0 Å². The van der Waals surface area contributed by atoms with Crippen LogP contribution in [0.5, 0.6) is 0 Å². The van der Waals surface area contributed by atoms with Crippen molar-refractivity contribution in [3.8, 4) is 5.69 Å². The predicted octanol–water partition coefficient (Wildman–Crippen LogP) is 2.01. The smallest absolute Gasteiger partial charge is 0.0707 e. The summed E-state index contributed by atoms with van der Waals surface area (Å²) in [5.74, 6) is 0.482. The number of rotatable bonds is 2. The van der Waals surface area contributed by atoms with Crippen molar-refractivity contribution >= 4 is 11.6 Å². The molecule has 3 nitrogen and oxygen atoms in total. The highest BCUT2D eigenvalue weighted by Crippen LogP contribution is 2.14. The molecule has 0 N–H and O–H groups in total. The molecule has 66 valence electrons. The van der Waals surface area contributed by atoms with Crippen molar-refractivity contribution in [2.24, 2.45) is 0 Å². The number of benzene rings is 1. The van der Waals surface area contributed by atoms with Crippen molar-refractivity contribution in [2.45, 2.75) is 5.88 Å². The molecule has 0 aliphatic rings. The standard InChI is InChI=1S/C9H8ClN3/c10-7-8-3-1-2-4-9(8)13-6-5-11-12-13/h1-6H,7H2. The number of hydrogen-bond donors (Lipinski definition) is 0. The third-order valence-corrected chi connectivity index (χ3v) is 2.09. The second-order valence-electron chi connectivity index (χ2n) is 2.61. The number of alkyl halides is 1. The van der Waals surface area contributed by atoms with Crippen molar-refractivity contribution in [1.82, 2.24) is 15.0 Å². The summed E-state index contributed by atoms with van der Waals surface area (Å²) in [6, 6.07) is 7.85. The van der Waals surface area contributed by atoms with Crippen molar-refractivity contribution in [1.29, 1.82) is 0 Å². The Labute approximate surface area is 81.0 Å². The zero-order valence-electron chi connectivity index (χ0n) is 6.89. The van der Waals surface area contributed by atoms with Crippen molar-refractivity contribution < 1.29 is 0 Å². The van der Waals surface area contributed by atoms with E-state index in [-0.39, 0.29) is 0 Å². The molecule has 0 atom stereocenters. The molecule has 1 aromatic heterocycles. The lowest BCUT2D eigenvalue weighted by Gasteiger charge is -2.04. The molecule has 0 amide bonds. The van der Waals surface area contributed by atoms with E-state index >= 15 is 0 Å². The van der Waals surface area contributed by atoms with Gasteiger partial charge in [0.05, 0.1) is 18.1 Å². The molecule has 13 heavy (non-hydrogen) atoms. The minimum absolute atomic E-state index is 0.482. The van der Waals surface area contributed by atoms with Gasteiger partial charge in [0.15, 0.2) is 0 Å². The maximum atomic E-state index is 5.79. The fourth-order valence-electron chi connectivity index (χ4n) is 1.18. The van der Waals surface area contributed by atoms with Crippen LogP contribution < -0.4 is 0 Å². The second kappa shape index (κ2) is 3.58. The van der Waals surface area contributed by atoms with E-state index in [2.05, 4.69) is 10.3 Å². The molecule has 0 radical (unpaired) electrons. The lowest BCUT2D eigenvalue weighted by Crippen LogP contribution is -1.98. The van der Waals surface area contributed by atoms with Gasteiger partial charge in [-0.3, -0.25) is 0 Å². The highest BCUT2D eigenvalue weighted by atomic mass is 35.5. The van der Waals surface area contributed by atoms with E-state index in [0.717, 1.165) is 11.3 Å². The van der Waals surface area contributed by atoms with Crippen molar-refractivity contribution in [2.75, 3.05) is 0 Å². The average molecular weight is 194 g/mol. The predicted molar refractivity (Wildman–Crippen MR) is 50.9 cm³/mol. The van der Waals surface area contributed by atoms with Gasteiger partial charge < -0.3 is 0 Å². The molecule has 1 heterocycles. The number of para-hydroxylation sites is 1. The summed E-state index contributed by atoms with van der Waals surface area (Å²) in [5, 5.41) is 7.65. The Kier molecular flexibility index (Phi) is 2.27. The van der Waals surface area contributed by atoms with Crippen LogP contribution in [-0.4, -0.2) is 15.0 Å². The van der Waals surface area contributed by atoms with Crippen LogP contribution in [0.15, 0.2) is 36.7 Å². The largest absolute Gasteiger partial charge is 0.220 e. The zero-order valence-corrected chi connectivity index (χ0v) is 7.65. The lowest BCUT2D eigenvalue weighted by molar-refractivity contribution is 0.797. The highest BCUT2D eigenvalue weighted by Gasteiger charge is 2.01. The van der Waals surface area contributed by atoms with Crippen molar-refractivity contribution in [3.63, 3.8) is 0 Å². The molecule has 2 aromatic rings. The third-order valence-electron chi connectivity index (χ3n) is 1.80. The summed E-state index contributed by atoms with van der Waals surface area (Å²) in [6.45, 7) is 0. The Morgan fingerprint density at radius 3 is 2.85 bits per heavy atom. The topological polar surface area (TPSA) is 30.7 Å². The molecule has 2 rings (SSSR count). The third kappa shape index (κ3) is 1.55. The van der Waals surface area contributed by atoms with Crippen molar-refractivity contribution in [3.05, 3.63) is 42.2 Å². The van der Waals surface area contributed by atoms with Crippen LogP contribution in [0.25, 0.3) is 5.69 Å². The average Bonchev–Trinajstić information content (AvgIpc) is 2.70. The normalized spacial score (nSPS) is 10.2. The summed E-state index contributed by atoms with van der Waals surface area (Å²) in [6.07, 6.45) is 3.44. The molecule has 0 saturated carbocycles. The maximum absolute atomic E-state index is 5.79. The monoisotopic (exact) mass is 193 g/mol. The van der Waals surface area contributed by atoms with E-state index in [4.69, 9.17) is 11.6 Å². The van der Waals surface area contributed by atoms with Gasteiger partial charge in [0.2, 0.25) is 0 Å². The second-order valence-corrected chi connectivity index (χ2v) is 2.88. The molecule has 1 aromatic carbocycles. The Balaban J connectivity index is 2.51. The minimum Gasteiger partial charge on any atom is -0.220 e. The van der Waals surface area contributed by atoms with Crippen LogP contribution in [0.4, 0.5) is 0 Å². The fraction of sp³-hybridized carbons (Fsp3) is 0.111. The van der Waals surface area contributed by atoms with Crippen LogP contribution in [-0.2, 0) is 5.88 Å². The highest BCUT2D eigenvalue weighted by molar-refractivity contribution is 6.17. The van der Waals surface area contributed by atoms with E-state index in [1.165, 1.54) is 0 Å². The first-order valence-electron chi connectivity index (χ1n) is 3.92. The molecule has 4 heteroatoms. The van der Waals surface area contributed by atoms with Crippen LogP contribution >= 0.6 is 11.6 Å². The number of aromatic nitrogens is 3. The summed E-state index contributed by atoms with van der Waals surface area (Å²) in [5.41, 5.74) is 2.03. The van der Waals surface area contributed by atoms with E-state index in [1.54, 1.807) is 17.1 Å². The molecule has 0 aliphatic heterocycles. The zero-order chi connectivity index (χ0) is 9.10. The maximum Gasteiger partial charge on any atom is 0.0707 e. The number of hydrogen-bond acceptors (Lipinski definition) is 2.